The molecule has 33 heavy (non-hydrogen) atoms. The molecule has 1 aromatic carbocycles. The first-order valence-electron chi connectivity index (χ1n) is 12.4. The Morgan fingerprint density at radius 3 is 2.61 bits per heavy atom. The molecule has 4 aliphatic rings. The Hall–Kier alpha value is -2.18. The van der Waals surface area contributed by atoms with E-state index in [1.54, 1.807) is 6.33 Å². The van der Waals surface area contributed by atoms with E-state index in [1.807, 2.05) is 24.3 Å². The van der Waals surface area contributed by atoms with E-state index in [2.05, 4.69) is 32.0 Å². The molecule has 2 aliphatic heterocycles. The molecule has 1 N–H and O–H groups in total. The van der Waals surface area contributed by atoms with Crippen molar-refractivity contribution < 1.29 is 4.79 Å². The first-order valence-corrected chi connectivity index (χ1v) is 12.8. The lowest BCUT2D eigenvalue weighted by atomic mass is 9.86. The summed E-state index contributed by atoms with van der Waals surface area (Å²) < 4.78 is 0. The van der Waals surface area contributed by atoms with Crippen LogP contribution in [0.1, 0.15) is 61.3 Å². The third kappa shape index (κ3) is 3.91. The maximum Gasteiger partial charge on any atom is 0.231 e. The summed E-state index contributed by atoms with van der Waals surface area (Å²) in [7, 11) is 0. The molecule has 2 aliphatic carbocycles. The minimum Gasteiger partial charge on any atom is -0.353 e. The summed E-state index contributed by atoms with van der Waals surface area (Å²) in [4.78, 5) is 27.5. The number of fused-ring (bicyclic) bond motifs is 1. The van der Waals surface area contributed by atoms with Crippen LogP contribution in [0.5, 0.6) is 0 Å². The Morgan fingerprint density at radius 1 is 1.15 bits per heavy atom. The maximum atomic E-state index is 13.9. The van der Waals surface area contributed by atoms with Crippen LogP contribution in [0.3, 0.4) is 0 Å². The highest BCUT2D eigenvalue weighted by atomic mass is 35.5. The SMILES string of the molecule is C[C@@H]1CCc2ncnc(N3CCN(C(=O)[C@@H](c4ccc(Cl)cc4)[C@@H]4CC5(CC5)CN4)CC3)c21. The molecule has 174 valence electrons. The molecule has 1 amide bonds. The van der Waals surface area contributed by atoms with Gasteiger partial charge in [0.05, 0.1) is 5.92 Å². The van der Waals surface area contributed by atoms with Crippen molar-refractivity contribution in [1.29, 1.82) is 0 Å². The number of nitrogens with one attached hydrogen (secondary N) is 1. The Labute approximate surface area is 200 Å². The lowest BCUT2D eigenvalue weighted by molar-refractivity contribution is -0.133. The van der Waals surface area contributed by atoms with E-state index in [1.165, 1.54) is 24.1 Å². The zero-order valence-electron chi connectivity index (χ0n) is 19.3. The van der Waals surface area contributed by atoms with Crippen LogP contribution in [-0.4, -0.2) is 59.5 Å². The first-order chi connectivity index (χ1) is 16.0. The summed E-state index contributed by atoms with van der Waals surface area (Å²) in [5, 5.41) is 4.41. The highest BCUT2D eigenvalue weighted by molar-refractivity contribution is 6.30. The molecule has 0 radical (unpaired) electrons. The van der Waals surface area contributed by atoms with E-state index in [0.29, 0.717) is 16.4 Å². The summed E-state index contributed by atoms with van der Waals surface area (Å²) in [6, 6.07) is 8.09. The number of carbonyl (C=O) groups is 1. The van der Waals surface area contributed by atoms with Gasteiger partial charge in [-0.1, -0.05) is 30.7 Å². The number of halogens is 1. The molecule has 2 aromatic rings. The third-order valence-corrected chi connectivity index (χ3v) is 8.64. The van der Waals surface area contributed by atoms with Crippen LogP contribution in [-0.2, 0) is 11.2 Å². The van der Waals surface area contributed by atoms with Gasteiger partial charge >= 0.3 is 0 Å². The molecule has 1 aromatic heterocycles. The van der Waals surface area contributed by atoms with E-state index in [9.17, 15) is 4.79 Å². The summed E-state index contributed by atoms with van der Waals surface area (Å²) in [5.74, 6) is 1.68. The van der Waals surface area contributed by atoms with Gasteiger partial charge in [-0.05, 0) is 61.1 Å². The number of carbonyl (C=O) groups excluding carboxylic acids is 1. The predicted octanol–water partition coefficient (Wildman–Crippen LogP) is 3.75. The van der Waals surface area contributed by atoms with Gasteiger partial charge < -0.3 is 15.1 Å². The van der Waals surface area contributed by atoms with Gasteiger partial charge in [0.2, 0.25) is 5.91 Å². The van der Waals surface area contributed by atoms with E-state index in [4.69, 9.17) is 11.6 Å². The Bertz CT molecular complexity index is 1050. The lowest BCUT2D eigenvalue weighted by Gasteiger charge is -2.39. The Morgan fingerprint density at radius 2 is 1.91 bits per heavy atom. The average molecular weight is 466 g/mol. The minimum absolute atomic E-state index is 0.155. The maximum absolute atomic E-state index is 13.9. The van der Waals surface area contributed by atoms with E-state index in [0.717, 1.165) is 63.4 Å². The van der Waals surface area contributed by atoms with Crippen molar-refractivity contribution >= 4 is 23.3 Å². The van der Waals surface area contributed by atoms with Crippen molar-refractivity contribution in [2.45, 2.75) is 56.9 Å². The summed E-state index contributed by atoms with van der Waals surface area (Å²) in [6.45, 7) is 6.41. The Kier molecular flexibility index (Phi) is 5.33. The number of benzene rings is 1. The number of aryl methyl sites for hydroxylation is 1. The highest BCUT2D eigenvalue weighted by Gasteiger charge is 2.51. The van der Waals surface area contributed by atoms with Crippen LogP contribution in [0, 0.1) is 5.41 Å². The number of nitrogens with zero attached hydrogens (tertiary/aromatic N) is 4. The third-order valence-electron chi connectivity index (χ3n) is 8.39. The fourth-order valence-electron chi connectivity index (χ4n) is 6.18. The molecule has 1 spiro atoms. The monoisotopic (exact) mass is 465 g/mol. The summed E-state index contributed by atoms with van der Waals surface area (Å²) >= 11 is 6.16. The van der Waals surface area contributed by atoms with Gasteiger partial charge in [-0.15, -0.1) is 0 Å². The van der Waals surface area contributed by atoms with Gasteiger partial charge in [-0.2, -0.15) is 0 Å². The molecule has 0 bridgehead atoms. The van der Waals surface area contributed by atoms with E-state index < -0.39 is 0 Å². The highest BCUT2D eigenvalue weighted by Crippen LogP contribution is 2.53. The van der Waals surface area contributed by atoms with Crippen molar-refractivity contribution in [1.82, 2.24) is 20.2 Å². The minimum atomic E-state index is -0.155. The van der Waals surface area contributed by atoms with Crippen molar-refractivity contribution in [2.24, 2.45) is 5.41 Å². The van der Waals surface area contributed by atoms with Crippen molar-refractivity contribution in [3.8, 4) is 0 Å². The standard InChI is InChI=1S/C26H32ClN5O/c1-17-2-7-20-22(17)24(30-16-29-20)31-10-12-32(13-11-31)25(33)23(18-3-5-19(27)6-4-18)21-14-26(8-9-26)15-28-21/h3-6,16-17,21,23,28H,2,7-15H2,1H3/t17-,21+,23+/m1/s1. The molecule has 1 saturated carbocycles. The van der Waals surface area contributed by atoms with Crippen LogP contribution >= 0.6 is 11.6 Å². The molecular weight excluding hydrogens is 434 g/mol. The second-order valence-electron chi connectivity index (χ2n) is 10.5. The van der Waals surface area contributed by atoms with Crippen LogP contribution < -0.4 is 10.2 Å². The van der Waals surface area contributed by atoms with Crippen LogP contribution in [0.25, 0.3) is 0 Å². The second kappa shape index (κ2) is 8.24. The van der Waals surface area contributed by atoms with Gasteiger partial charge in [0, 0.05) is 55.0 Å². The topological polar surface area (TPSA) is 61.4 Å². The number of anilines is 1. The summed E-state index contributed by atoms with van der Waals surface area (Å²) in [6.07, 6.45) is 7.58. The summed E-state index contributed by atoms with van der Waals surface area (Å²) in [5.41, 5.74) is 4.04. The fraction of sp³-hybridized carbons (Fsp3) is 0.577. The van der Waals surface area contributed by atoms with Gasteiger partial charge in [0.25, 0.3) is 0 Å². The fourth-order valence-corrected chi connectivity index (χ4v) is 6.31. The van der Waals surface area contributed by atoms with Crippen molar-refractivity contribution in [3.63, 3.8) is 0 Å². The smallest absolute Gasteiger partial charge is 0.231 e. The average Bonchev–Trinajstić information content (AvgIpc) is 3.31. The number of hydrogen-bond donors (Lipinski definition) is 1. The zero-order valence-corrected chi connectivity index (χ0v) is 20.0. The van der Waals surface area contributed by atoms with Crippen LogP contribution in [0.4, 0.5) is 5.82 Å². The van der Waals surface area contributed by atoms with Crippen LogP contribution in [0.2, 0.25) is 5.02 Å². The zero-order chi connectivity index (χ0) is 22.6. The predicted molar refractivity (Wildman–Crippen MR) is 130 cm³/mol. The number of hydrogen-bond acceptors (Lipinski definition) is 5. The largest absolute Gasteiger partial charge is 0.353 e. The van der Waals surface area contributed by atoms with E-state index >= 15 is 0 Å². The molecule has 3 atom stereocenters. The molecule has 6 rings (SSSR count). The molecule has 0 unspecified atom stereocenters. The van der Waals surface area contributed by atoms with Gasteiger partial charge in [0.1, 0.15) is 12.1 Å². The number of amides is 1. The van der Waals surface area contributed by atoms with E-state index in [-0.39, 0.29) is 17.9 Å². The van der Waals surface area contributed by atoms with Gasteiger partial charge in [-0.25, -0.2) is 9.97 Å². The van der Waals surface area contributed by atoms with Gasteiger partial charge in [0.15, 0.2) is 0 Å². The van der Waals surface area contributed by atoms with Crippen LogP contribution in [0.15, 0.2) is 30.6 Å². The Balaban J connectivity index is 1.20. The second-order valence-corrected chi connectivity index (χ2v) is 11.0. The molecule has 3 heterocycles. The molecule has 6 nitrogen and oxygen atoms in total. The molecule has 2 saturated heterocycles. The number of rotatable bonds is 4. The normalized spacial score (nSPS) is 26.5. The quantitative estimate of drug-likeness (QED) is 0.745. The first kappa shape index (κ1) is 21.4. The number of piperazine rings is 1. The number of aromatic nitrogens is 2. The molecular formula is C26H32ClN5O. The molecule has 3 fully saturated rings. The lowest BCUT2D eigenvalue weighted by Crippen LogP contribution is -2.52. The molecule has 7 heteroatoms. The van der Waals surface area contributed by atoms with Crippen molar-refractivity contribution in [3.05, 3.63) is 52.4 Å². The van der Waals surface area contributed by atoms with Crippen molar-refractivity contribution in [2.75, 3.05) is 37.6 Å². The van der Waals surface area contributed by atoms with Gasteiger partial charge in [-0.3, -0.25) is 4.79 Å².